The summed E-state index contributed by atoms with van der Waals surface area (Å²) in [6.45, 7) is 1.38. The Balaban J connectivity index is 1.98. The van der Waals surface area contributed by atoms with Gasteiger partial charge in [0.05, 0.1) is 10.6 Å². The molecule has 0 aliphatic rings. The van der Waals surface area contributed by atoms with E-state index in [1.54, 1.807) is 6.07 Å². The molecule has 1 atom stereocenters. The van der Waals surface area contributed by atoms with Crippen LogP contribution in [0.4, 0.5) is 10.2 Å². The first-order valence-corrected chi connectivity index (χ1v) is 6.73. The molecule has 1 aromatic carbocycles. The second-order valence-electron chi connectivity index (χ2n) is 4.38. The fraction of sp³-hybridized carbons (Fsp3) is 0.133. The molecule has 0 bridgehead atoms. The Morgan fingerprint density at radius 3 is 2.64 bits per heavy atom. The highest BCUT2D eigenvalue weighted by molar-refractivity contribution is 6.30. The molecule has 7 heteroatoms. The average Bonchev–Trinajstić information content (AvgIpc) is 2.49. The largest absolute Gasteiger partial charge is 0.449 e. The summed E-state index contributed by atoms with van der Waals surface area (Å²) in [5.41, 5.74) is -0.230. The van der Waals surface area contributed by atoms with Gasteiger partial charge in [-0.05, 0) is 31.2 Å². The summed E-state index contributed by atoms with van der Waals surface area (Å²) in [4.78, 5) is 27.6. The van der Waals surface area contributed by atoms with Gasteiger partial charge in [-0.2, -0.15) is 0 Å². The topological polar surface area (TPSA) is 68.3 Å². The van der Waals surface area contributed by atoms with Crippen LogP contribution < -0.4 is 5.32 Å². The van der Waals surface area contributed by atoms with Crippen molar-refractivity contribution in [1.29, 1.82) is 0 Å². The van der Waals surface area contributed by atoms with Gasteiger partial charge in [-0.1, -0.05) is 23.7 Å². The molecule has 2 rings (SSSR count). The third-order valence-corrected chi connectivity index (χ3v) is 2.95. The second-order valence-corrected chi connectivity index (χ2v) is 4.81. The summed E-state index contributed by atoms with van der Waals surface area (Å²) >= 11 is 5.68. The number of ether oxygens (including phenoxy) is 1. The molecular formula is C15H12ClFN2O3. The van der Waals surface area contributed by atoms with Gasteiger partial charge >= 0.3 is 5.97 Å². The molecule has 0 unspecified atom stereocenters. The van der Waals surface area contributed by atoms with E-state index < -0.39 is 23.8 Å². The molecular weight excluding hydrogens is 311 g/mol. The van der Waals surface area contributed by atoms with Gasteiger partial charge in [-0.3, -0.25) is 4.79 Å². The number of esters is 1. The molecule has 1 amide bonds. The zero-order valence-electron chi connectivity index (χ0n) is 11.5. The Labute approximate surface area is 131 Å². The number of aromatic nitrogens is 1. The second kappa shape index (κ2) is 7.00. The molecule has 1 heterocycles. The number of carbonyl (C=O) groups is 2. The van der Waals surface area contributed by atoms with E-state index in [0.717, 1.165) is 6.07 Å². The van der Waals surface area contributed by atoms with Crippen molar-refractivity contribution in [1.82, 2.24) is 4.98 Å². The summed E-state index contributed by atoms with van der Waals surface area (Å²) < 4.78 is 18.4. The van der Waals surface area contributed by atoms with Crippen molar-refractivity contribution < 1.29 is 18.7 Å². The molecule has 5 nitrogen and oxygen atoms in total. The van der Waals surface area contributed by atoms with Crippen molar-refractivity contribution >= 4 is 29.3 Å². The van der Waals surface area contributed by atoms with E-state index in [1.807, 2.05) is 0 Å². The van der Waals surface area contributed by atoms with E-state index in [2.05, 4.69) is 10.3 Å². The maximum Gasteiger partial charge on any atom is 0.341 e. The molecule has 1 aromatic heterocycles. The highest BCUT2D eigenvalue weighted by atomic mass is 35.5. The van der Waals surface area contributed by atoms with Crippen molar-refractivity contribution in [3.63, 3.8) is 0 Å². The maximum absolute atomic E-state index is 13.5. The van der Waals surface area contributed by atoms with Crippen LogP contribution in [0.25, 0.3) is 0 Å². The van der Waals surface area contributed by atoms with Crippen LogP contribution >= 0.6 is 11.6 Å². The van der Waals surface area contributed by atoms with E-state index in [0.29, 0.717) is 5.02 Å². The first-order valence-electron chi connectivity index (χ1n) is 6.35. The van der Waals surface area contributed by atoms with Crippen molar-refractivity contribution in [3.8, 4) is 0 Å². The van der Waals surface area contributed by atoms with Gasteiger partial charge in [0.15, 0.2) is 6.10 Å². The number of rotatable bonds is 4. The monoisotopic (exact) mass is 322 g/mol. The Morgan fingerprint density at radius 1 is 1.27 bits per heavy atom. The minimum Gasteiger partial charge on any atom is -0.449 e. The van der Waals surface area contributed by atoms with Gasteiger partial charge in [0.25, 0.3) is 5.91 Å². The van der Waals surface area contributed by atoms with E-state index >= 15 is 0 Å². The highest BCUT2D eigenvalue weighted by Gasteiger charge is 2.21. The smallest absolute Gasteiger partial charge is 0.341 e. The summed E-state index contributed by atoms with van der Waals surface area (Å²) in [5, 5.41) is 2.89. The van der Waals surface area contributed by atoms with E-state index in [1.165, 1.54) is 37.4 Å². The number of carbonyl (C=O) groups excluding carboxylic acids is 2. The zero-order valence-corrected chi connectivity index (χ0v) is 12.3. The third kappa shape index (κ3) is 4.02. The summed E-state index contributed by atoms with van der Waals surface area (Å²) in [6.07, 6.45) is 0.261. The predicted octanol–water partition coefficient (Wildman–Crippen LogP) is 3.06. The number of benzene rings is 1. The molecule has 0 spiro atoms. The SMILES string of the molecule is C[C@@H](OC(=O)c1ccccc1F)C(=O)Nc1ccc(Cl)cn1. The van der Waals surface area contributed by atoms with Crippen LogP contribution in [0.5, 0.6) is 0 Å². The maximum atomic E-state index is 13.5. The van der Waals surface area contributed by atoms with Crippen molar-refractivity contribution in [2.75, 3.05) is 5.32 Å². The van der Waals surface area contributed by atoms with Crippen LogP contribution in [0.3, 0.4) is 0 Å². The van der Waals surface area contributed by atoms with Crippen LogP contribution in [-0.4, -0.2) is 23.0 Å². The number of nitrogens with zero attached hydrogens (tertiary/aromatic N) is 1. The molecule has 0 saturated carbocycles. The third-order valence-electron chi connectivity index (χ3n) is 2.73. The lowest BCUT2D eigenvalue weighted by Crippen LogP contribution is -2.30. The van der Waals surface area contributed by atoms with Gasteiger partial charge in [0.2, 0.25) is 0 Å². The minimum atomic E-state index is -1.11. The number of halogens is 2. The summed E-state index contributed by atoms with van der Waals surface area (Å²) in [7, 11) is 0. The Morgan fingerprint density at radius 2 is 2.00 bits per heavy atom. The molecule has 0 radical (unpaired) electrons. The predicted molar refractivity (Wildman–Crippen MR) is 79.2 cm³/mol. The highest BCUT2D eigenvalue weighted by Crippen LogP contribution is 2.12. The molecule has 0 fully saturated rings. The van der Waals surface area contributed by atoms with Crippen molar-refractivity contribution in [2.45, 2.75) is 13.0 Å². The van der Waals surface area contributed by atoms with Gasteiger partial charge < -0.3 is 10.1 Å². The van der Waals surface area contributed by atoms with E-state index in [-0.39, 0.29) is 11.4 Å². The van der Waals surface area contributed by atoms with Crippen molar-refractivity contribution in [3.05, 3.63) is 59.0 Å². The molecule has 0 aliphatic heterocycles. The first-order chi connectivity index (χ1) is 10.5. The van der Waals surface area contributed by atoms with Gasteiger partial charge in [0.1, 0.15) is 11.6 Å². The molecule has 22 heavy (non-hydrogen) atoms. The Bertz CT molecular complexity index is 691. The minimum absolute atomic E-state index is 0.230. The van der Waals surface area contributed by atoms with E-state index in [9.17, 15) is 14.0 Å². The normalized spacial score (nSPS) is 11.6. The van der Waals surface area contributed by atoms with Crippen LogP contribution in [0.1, 0.15) is 17.3 Å². The van der Waals surface area contributed by atoms with E-state index in [4.69, 9.17) is 16.3 Å². The number of hydrogen-bond donors (Lipinski definition) is 1. The number of amides is 1. The number of hydrogen-bond acceptors (Lipinski definition) is 4. The summed E-state index contributed by atoms with van der Waals surface area (Å²) in [6, 6.07) is 8.43. The average molecular weight is 323 g/mol. The molecule has 0 aliphatic carbocycles. The van der Waals surface area contributed by atoms with Crippen LogP contribution in [-0.2, 0) is 9.53 Å². The number of anilines is 1. The number of nitrogens with one attached hydrogen (secondary N) is 1. The van der Waals surface area contributed by atoms with Gasteiger partial charge in [-0.25, -0.2) is 14.2 Å². The molecule has 114 valence electrons. The lowest BCUT2D eigenvalue weighted by molar-refractivity contribution is -0.123. The molecule has 0 saturated heterocycles. The summed E-state index contributed by atoms with van der Waals surface area (Å²) in [5.74, 6) is -1.94. The molecule has 2 aromatic rings. The lowest BCUT2D eigenvalue weighted by atomic mass is 10.2. The first kappa shape index (κ1) is 15.9. The fourth-order valence-electron chi connectivity index (χ4n) is 1.58. The number of pyridine rings is 1. The van der Waals surface area contributed by atoms with Crippen LogP contribution in [0, 0.1) is 5.82 Å². The molecule has 1 N–H and O–H groups in total. The fourth-order valence-corrected chi connectivity index (χ4v) is 1.69. The lowest BCUT2D eigenvalue weighted by Gasteiger charge is -2.13. The van der Waals surface area contributed by atoms with Crippen molar-refractivity contribution in [2.24, 2.45) is 0 Å². The Kier molecular flexibility index (Phi) is 5.06. The van der Waals surface area contributed by atoms with Gasteiger partial charge in [0, 0.05) is 6.20 Å². The standard InChI is InChI=1S/C15H12ClFN2O3/c1-9(14(20)19-13-7-6-10(16)8-18-13)22-15(21)11-4-2-3-5-12(11)17/h2-9H,1H3,(H,18,19,20)/t9-/m1/s1. The zero-order chi connectivity index (χ0) is 16.1. The van der Waals surface area contributed by atoms with Crippen LogP contribution in [0.15, 0.2) is 42.6 Å². The van der Waals surface area contributed by atoms with Gasteiger partial charge in [-0.15, -0.1) is 0 Å². The van der Waals surface area contributed by atoms with Crippen LogP contribution in [0.2, 0.25) is 5.02 Å². The Hall–Kier alpha value is -2.47. The quantitative estimate of drug-likeness (QED) is 0.878.